The van der Waals surface area contributed by atoms with Crippen LogP contribution in [0.25, 0.3) is 22.5 Å². The molecule has 0 spiro atoms. The van der Waals surface area contributed by atoms with Gasteiger partial charge in [0.05, 0.1) is 17.3 Å². The van der Waals surface area contributed by atoms with Gasteiger partial charge in [-0.3, -0.25) is 9.78 Å². The second-order valence-electron chi connectivity index (χ2n) is 9.75. The topological polar surface area (TPSA) is 114 Å². The zero-order valence-corrected chi connectivity index (χ0v) is 21.5. The Hall–Kier alpha value is -4.37. The molecule has 1 amide bonds. The molecule has 5 rings (SSSR count). The van der Waals surface area contributed by atoms with E-state index in [-0.39, 0.29) is 5.56 Å². The number of hydrogen-bond donors (Lipinski definition) is 2. The fourth-order valence-electron chi connectivity index (χ4n) is 5.05. The third-order valence-corrected chi connectivity index (χ3v) is 7.12. The van der Waals surface area contributed by atoms with Crippen LogP contribution in [0.3, 0.4) is 0 Å². The number of benzene rings is 1. The number of alkyl halides is 3. The minimum Gasteiger partial charge on any atom is -0.355 e. The molecule has 1 saturated carbocycles. The number of hydroxylamine groups is 2. The minimum absolute atomic E-state index is 0.0884. The summed E-state index contributed by atoms with van der Waals surface area (Å²) >= 11 is 0. The van der Waals surface area contributed by atoms with Crippen molar-refractivity contribution in [2.45, 2.75) is 37.9 Å². The van der Waals surface area contributed by atoms with Gasteiger partial charge in [0.1, 0.15) is 11.9 Å². The zero-order chi connectivity index (χ0) is 28.3. The number of H-pyrrole nitrogens is 1. The molecule has 2 aliphatic rings. The Morgan fingerprint density at radius 1 is 1.05 bits per heavy atom. The van der Waals surface area contributed by atoms with Crippen molar-refractivity contribution in [3.63, 3.8) is 0 Å². The molecular weight excluding hydrogens is 525 g/mol. The Bertz CT molecular complexity index is 1420. The molecule has 0 bridgehead atoms. The first-order chi connectivity index (χ1) is 19.2. The molecule has 3 aromatic rings. The highest BCUT2D eigenvalue weighted by molar-refractivity contribution is 5.95. The molecule has 9 nitrogen and oxygen atoms in total. The highest BCUT2D eigenvalue weighted by atomic mass is 19.4. The zero-order valence-electron chi connectivity index (χ0n) is 21.5. The molecule has 12 heteroatoms. The van der Waals surface area contributed by atoms with Crippen LogP contribution in [0, 0.1) is 11.3 Å². The Morgan fingerprint density at radius 2 is 1.75 bits per heavy atom. The van der Waals surface area contributed by atoms with Crippen LogP contribution in [-0.2, 0) is 9.63 Å². The van der Waals surface area contributed by atoms with Crippen molar-refractivity contribution in [1.82, 2.24) is 20.3 Å². The number of piperazine rings is 1. The molecule has 1 aliphatic heterocycles. The van der Waals surface area contributed by atoms with Gasteiger partial charge in [0.15, 0.2) is 0 Å². The maximum absolute atomic E-state index is 13.1. The molecule has 1 aliphatic carbocycles. The van der Waals surface area contributed by atoms with Crippen molar-refractivity contribution in [3.05, 3.63) is 59.8 Å². The summed E-state index contributed by atoms with van der Waals surface area (Å²) in [6.07, 6.45) is -1.21. The average Bonchev–Trinajstić information content (AvgIpc) is 3.66. The normalized spacial score (nSPS) is 16.0. The summed E-state index contributed by atoms with van der Waals surface area (Å²) in [7, 11) is 0. The predicted octanol–water partition coefficient (Wildman–Crippen LogP) is 4.43. The van der Waals surface area contributed by atoms with Crippen LogP contribution < -0.4 is 10.2 Å². The monoisotopic (exact) mass is 552 g/mol. The number of pyridine rings is 1. The van der Waals surface area contributed by atoms with Crippen molar-refractivity contribution in [2.75, 3.05) is 31.1 Å². The van der Waals surface area contributed by atoms with Crippen LogP contribution in [0.2, 0.25) is 0 Å². The number of rotatable bonds is 5. The van der Waals surface area contributed by atoms with E-state index in [4.69, 9.17) is 0 Å². The molecule has 3 heterocycles. The van der Waals surface area contributed by atoms with Gasteiger partial charge in [0.2, 0.25) is 0 Å². The van der Waals surface area contributed by atoms with Crippen molar-refractivity contribution in [1.29, 1.82) is 5.26 Å². The average molecular weight is 553 g/mol. The van der Waals surface area contributed by atoms with E-state index in [1.54, 1.807) is 24.4 Å². The molecule has 0 atom stereocenters. The third kappa shape index (κ3) is 5.79. The largest absolute Gasteiger partial charge is 0.493 e. The molecule has 1 saturated heterocycles. The molecule has 208 valence electrons. The number of anilines is 1. The summed E-state index contributed by atoms with van der Waals surface area (Å²) < 4.78 is 38.6. The van der Waals surface area contributed by atoms with E-state index in [1.807, 2.05) is 12.1 Å². The highest BCUT2D eigenvalue weighted by Crippen LogP contribution is 2.31. The van der Waals surface area contributed by atoms with Crippen LogP contribution in [0.1, 0.15) is 41.6 Å². The molecule has 2 fully saturated rings. The number of carbonyl (C=O) groups is 2. The summed E-state index contributed by atoms with van der Waals surface area (Å²) in [5.41, 5.74) is 3.49. The van der Waals surface area contributed by atoms with Gasteiger partial charge in [-0.15, -0.1) is 0 Å². The second kappa shape index (κ2) is 11.4. The first kappa shape index (κ1) is 27.2. The van der Waals surface area contributed by atoms with Gasteiger partial charge < -0.3 is 20.0 Å². The summed E-state index contributed by atoms with van der Waals surface area (Å²) in [5.74, 6) is -2.46. The fourth-order valence-corrected chi connectivity index (χ4v) is 5.05. The van der Waals surface area contributed by atoms with Gasteiger partial charge in [-0.2, -0.15) is 23.5 Å². The van der Waals surface area contributed by atoms with Crippen LogP contribution in [0.4, 0.5) is 19.0 Å². The van der Waals surface area contributed by atoms with Crippen LogP contribution >= 0.6 is 0 Å². The fraction of sp³-hybridized carbons (Fsp3) is 0.357. The van der Waals surface area contributed by atoms with E-state index in [1.165, 1.54) is 12.1 Å². The summed E-state index contributed by atoms with van der Waals surface area (Å²) in [5, 5.41) is 13.5. The number of amides is 1. The lowest BCUT2D eigenvalue weighted by atomic mass is 10.0. The lowest BCUT2D eigenvalue weighted by Gasteiger charge is -2.28. The molecule has 40 heavy (non-hydrogen) atoms. The maximum atomic E-state index is 13.1. The molecule has 1 aromatic carbocycles. The minimum atomic E-state index is -5.21. The van der Waals surface area contributed by atoms with E-state index in [9.17, 15) is 28.0 Å². The van der Waals surface area contributed by atoms with Crippen molar-refractivity contribution >= 4 is 17.7 Å². The number of nitrogens with one attached hydrogen (secondary N) is 2. The Balaban J connectivity index is 1.37. The van der Waals surface area contributed by atoms with Crippen LogP contribution in [0.5, 0.6) is 0 Å². The number of aromatic amines is 1. The molecule has 0 unspecified atom stereocenters. The van der Waals surface area contributed by atoms with E-state index in [0.717, 1.165) is 56.1 Å². The van der Waals surface area contributed by atoms with E-state index < -0.39 is 24.1 Å². The third-order valence-electron chi connectivity index (χ3n) is 7.12. The highest BCUT2D eigenvalue weighted by Gasteiger charge is 2.45. The number of nitrogens with zero attached hydrogens (tertiary/aromatic N) is 4. The lowest BCUT2D eigenvalue weighted by molar-refractivity contribution is -0.233. The number of nitriles is 1. The van der Waals surface area contributed by atoms with Crippen molar-refractivity contribution < 1.29 is 27.6 Å². The Labute approximate surface area is 228 Å². The van der Waals surface area contributed by atoms with E-state index >= 15 is 0 Å². The van der Waals surface area contributed by atoms with Crippen molar-refractivity contribution in [3.8, 4) is 28.6 Å². The first-order valence-electron chi connectivity index (χ1n) is 13.0. The number of halogens is 3. The van der Waals surface area contributed by atoms with Gasteiger partial charge in [-0.1, -0.05) is 25.0 Å². The quantitative estimate of drug-likeness (QED) is 0.450. The molecule has 2 N–H and O–H groups in total. The van der Waals surface area contributed by atoms with Gasteiger partial charge in [-0.25, -0.2) is 4.79 Å². The second-order valence-corrected chi connectivity index (χ2v) is 9.75. The lowest BCUT2D eigenvalue weighted by Crippen LogP contribution is -2.44. The molecular formula is C28H27F3N6O3. The summed E-state index contributed by atoms with van der Waals surface area (Å²) in [4.78, 5) is 39.1. The molecule has 2 aromatic heterocycles. The standard InChI is InChI=1S/C28H27F3N6O3/c29-28(30,31)27(39)40-37(22-3-1-2-4-22)26(38)19-7-5-18(6-8-19)23-15-20(9-10-34-23)24-16-21(17-32)25(35-24)36-13-11-33-12-14-36/h5-10,15-16,22,33,35H,1-4,11-14H2. The number of hydrogen-bond acceptors (Lipinski definition) is 7. The van der Waals surface area contributed by atoms with Gasteiger partial charge in [0.25, 0.3) is 5.91 Å². The van der Waals surface area contributed by atoms with Gasteiger partial charge in [0, 0.05) is 54.8 Å². The van der Waals surface area contributed by atoms with E-state index in [0.29, 0.717) is 34.7 Å². The smallest absolute Gasteiger partial charge is 0.355 e. The van der Waals surface area contributed by atoms with Crippen molar-refractivity contribution in [2.24, 2.45) is 0 Å². The van der Waals surface area contributed by atoms with Gasteiger partial charge in [-0.05, 0) is 43.2 Å². The SMILES string of the molecule is N#Cc1cc(-c2ccnc(-c3ccc(C(=O)N(OC(=O)C(F)(F)F)C4CCCC4)cc3)c2)[nH]c1N1CCNCC1. The van der Waals surface area contributed by atoms with Crippen LogP contribution in [0.15, 0.2) is 48.7 Å². The Kier molecular flexibility index (Phi) is 7.75. The molecule has 0 radical (unpaired) electrons. The number of carbonyl (C=O) groups excluding carboxylic acids is 2. The summed E-state index contributed by atoms with van der Waals surface area (Å²) in [6.45, 7) is 3.24. The van der Waals surface area contributed by atoms with Gasteiger partial charge >= 0.3 is 12.1 Å². The maximum Gasteiger partial charge on any atom is 0.493 e. The Morgan fingerprint density at radius 3 is 2.40 bits per heavy atom. The summed E-state index contributed by atoms with van der Waals surface area (Å²) in [6, 6.07) is 13.3. The number of aromatic nitrogens is 2. The first-order valence-corrected chi connectivity index (χ1v) is 13.0. The van der Waals surface area contributed by atoms with Crippen LogP contribution in [-0.4, -0.2) is 65.3 Å². The van der Waals surface area contributed by atoms with E-state index in [2.05, 4.69) is 31.1 Å². The predicted molar refractivity (Wildman–Crippen MR) is 140 cm³/mol.